The zero-order chi connectivity index (χ0) is 13.3. The molecule has 3 rings (SSSR count). The lowest BCUT2D eigenvalue weighted by atomic mass is 10.1. The van der Waals surface area contributed by atoms with E-state index < -0.39 is 10.2 Å². The van der Waals surface area contributed by atoms with Crippen LogP contribution in [0.25, 0.3) is 0 Å². The first-order valence-corrected chi connectivity index (χ1v) is 8.17. The van der Waals surface area contributed by atoms with Gasteiger partial charge in [-0.2, -0.15) is 17.4 Å². The molecule has 1 atom stereocenters. The summed E-state index contributed by atoms with van der Waals surface area (Å²) in [5, 5.41) is 3.16. The summed E-state index contributed by atoms with van der Waals surface area (Å²) in [6, 6.07) is 8.00. The van der Waals surface area contributed by atoms with Crippen molar-refractivity contribution in [1.29, 1.82) is 0 Å². The van der Waals surface area contributed by atoms with Gasteiger partial charge in [0.2, 0.25) is 0 Å². The maximum absolute atomic E-state index is 12.3. The van der Waals surface area contributed by atoms with E-state index >= 15 is 0 Å². The van der Waals surface area contributed by atoms with Gasteiger partial charge in [-0.15, -0.1) is 0 Å². The number of fused-ring (bicyclic) bond motifs is 1. The Morgan fingerprint density at radius 2 is 1.95 bits per heavy atom. The Balaban J connectivity index is 1.75. The second kappa shape index (κ2) is 5.20. The van der Waals surface area contributed by atoms with Crippen LogP contribution in [0.2, 0.25) is 0 Å². The zero-order valence-electron chi connectivity index (χ0n) is 10.8. The minimum atomic E-state index is -3.37. The molecule has 2 N–H and O–H groups in total. The van der Waals surface area contributed by atoms with Gasteiger partial charge in [0.25, 0.3) is 10.2 Å². The van der Waals surface area contributed by atoms with E-state index in [-0.39, 0.29) is 6.04 Å². The molecule has 1 fully saturated rings. The van der Waals surface area contributed by atoms with Gasteiger partial charge >= 0.3 is 0 Å². The summed E-state index contributed by atoms with van der Waals surface area (Å²) >= 11 is 0. The standard InChI is InChI=1S/C13H19N3O2S/c17-19(18,16-9-7-14-8-10-16)15-13-6-5-11-3-1-2-4-12(11)13/h1-4,13-15H,5-10H2. The fraction of sp³-hybridized carbons (Fsp3) is 0.538. The van der Waals surface area contributed by atoms with Crippen molar-refractivity contribution in [3.8, 4) is 0 Å². The van der Waals surface area contributed by atoms with Crippen molar-refractivity contribution in [3.63, 3.8) is 0 Å². The SMILES string of the molecule is O=S(=O)(NC1CCc2ccccc21)N1CCNCC1. The molecule has 104 valence electrons. The molecule has 1 heterocycles. The van der Waals surface area contributed by atoms with Gasteiger partial charge in [-0.05, 0) is 24.0 Å². The van der Waals surface area contributed by atoms with Crippen LogP contribution in [0.1, 0.15) is 23.6 Å². The van der Waals surface area contributed by atoms with Gasteiger partial charge in [0.05, 0.1) is 0 Å². The average molecular weight is 281 g/mol. The van der Waals surface area contributed by atoms with Crippen LogP contribution in [0.5, 0.6) is 0 Å². The van der Waals surface area contributed by atoms with Crippen molar-refractivity contribution in [3.05, 3.63) is 35.4 Å². The second-order valence-corrected chi connectivity index (χ2v) is 6.76. The molecular formula is C13H19N3O2S. The lowest BCUT2D eigenvalue weighted by molar-refractivity contribution is 0.351. The number of hydrogen-bond donors (Lipinski definition) is 2. The number of nitrogens with zero attached hydrogens (tertiary/aromatic N) is 1. The fourth-order valence-electron chi connectivity index (χ4n) is 2.82. The maximum Gasteiger partial charge on any atom is 0.280 e. The molecule has 19 heavy (non-hydrogen) atoms. The first-order chi connectivity index (χ1) is 9.17. The van der Waals surface area contributed by atoms with Crippen LogP contribution in [-0.4, -0.2) is 38.9 Å². The Kier molecular flexibility index (Phi) is 3.58. The minimum absolute atomic E-state index is 0.0731. The topological polar surface area (TPSA) is 61.4 Å². The highest BCUT2D eigenvalue weighted by atomic mass is 32.2. The maximum atomic E-state index is 12.3. The molecular weight excluding hydrogens is 262 g/mol. The third-order valence-electron chi connectivity index (χ3n) is 3.84. The predicted molar refractivity (Wildman–Crippen MR) is 74.0 cm³/mol. The van der Waals surface area contributed by atoms with Crippen LogP contribution in [0, 0.1) is 0 Å². The van der Waals surface area contributed by atoms with Gasteiger partial charge in [-0.25, -0.2) is 0 Å². The van der Waals surface area contributed by atoms with Crippen LogP contribution in [0.4, 0.5) is 0 Å². The van der Waals surface area contributed by atoms with E-state index in [1.807, 2.05) is 18.2 Å². The Bertz CT molecular complexity index is 553. The van der Waals surface area contributed by atoms with Crippen molar-refractivity contribution in [2.24, 2.45) is 0 Å². The summed E-state index contributed by atoms with van der Waals surface area (Å²) < 4.78 is 29.1. The van der Waals surface area contributed by atoms with Gasteiger partial charge in [-0.1, -0.05) is 24.3 Å². The predicted octanol–water partition coefficient (Wildman–Crippen LogP) is 0.413. The fourth-order valence-corrected chi connectivity index (χ4v) is 4.24. The normalized spacial score (nSPS) is 24.3. The summed E-state index contributed by atoms with van der Waals surface area (Å²) in [6.07, 6.45) is 1.80. The van der Waals surface area contributed by atoms with E-state index in [1.165, 1.54) is 9.87 Å². The summed E-state index contributed by atoms with van der Waals surface area (Å²) in [5.41, 5.74) is 2.39. The summed E-state index contributed by atoms with van der Waals surface area (Å²) in [6.45, 7) is 2.54. The Labute approximate surface area is 114 Å². The van der Waals surface area contributed by atoms with E-state index in [1.54, 1.807) is 0 Å². The molecule has 6 heteroatoms. The Morgan fingerprint density at radius 3 is 2.74 bits per heavy atom. The zero-order valence-corrected chi connectivity index (χ0v) is 11.6. The Hall–Kier alpha value is -0.950. The van der Waals surface area contributed by atoms with Crippen molar-refractivity contribution in [1.82, 2.24) is 14.3 Å². The molecule has 0 amide bonds. The highest BCUT2D eigenvalue weighted by Crippen LogP contribution is 2.31. The number of hydrogen-bond acceptors (Lipinski definition) is 3. The molecule has 1 aromatic rings. The van der Waals surface area contributed by atoms with Gasteiger partial charge < -0.3 is 5.32 Å². The van der Waals surface area contributed by atoms with E-state index in [4.69, 9.17) is 0 Å². The largest absolute Gasteiger partial charge is 0.314 e. The molecule has 1 aromatic carbocycles. The van der Waals surface area contributed by atoms with Gasteiger partial charge in [0.1, 0.15) is 0 Å². The Morgan fingerprint density at radius 1 is 1.21 bits per heavy atom. The van der Waals surface area contributed by atoms with Crippen LogP contribution in [-0.2, 0) is 16.6 Å². The van der Waals surface area contributed by atoms with Gasteiger partial charge in [-0.3, -0.25) is 0 Å². The summed E-state index contributed by atoms with van der Waals surface area (Å²) in [5.74, 6) is 0. The van der Waals surface area contributed by atoms with E-state index in [0.29, 0.717) is 13.1 Å². The number of benzene rings is 1. The van der Waals surface area contributed by atoms with Crippen LogP contribution >= 0.6 is 0 Å². The molecule has 5 nitrogen and oxygen atoms in total. The number of nitrogens with one attached hydrogen (secondary N) is 2. The van der Waals surface area contributed by atoms with Crippen LogP contribution in [0.15, 0.2) is 24.3 Å². The van der Waals surface area contributed by atoms with E-state index in [2.05, 4.69) is 16.1 Å². The lowest BCUT2D eigenvalue weighted by Gasteiger charge is -2.28. The molecule has 0 saturated carbocycles. The first kappa shape index (κ1) is 13.1. The van der Waals surface area contributed by atoms with Gasteiger partial charge in [0, 0.05) is 32.2 Å². The van der Waals surface area contributed by atoms with Crippen molar-refractivity contribution in [2.75, 3.05) is 26.2 Å². The molecule has 1 aliphatic heterocycles. The van der Waals surface area contributed by atoms with E-state index in [9.17, 15) is 8.42 Å². The third kappa shape index (κ3) is 2.67. The van der Waals surface area contributed by atoms with Crippen LogP contribution < -0.4 is 10.0 Å². The molecule has 0 bridgehead atoms. The lowest BCUT2D eigenvalue weighted by Crippen LogP contribution is -2.50. The second-order valence-electron chi connectivity index (χ2n) is 5.06. The number of aryl methyl sites for hydroxylation is 1. The van der Waals surface area contributed by atoms with Gasteiger partial charge in [0.15, 0.2) is 0 Å². The number of rotatable bonds is 3. The highest BCUT2D eigenvalue weighted by molar-refractivity contribution is 7.87. The van der Waals surface area contributed by atoms with E-state index in [0.717, 1.165) is 31.5 Å². The third-order valence-corrected chi connectivity index (χ3v) is 5.47. The molecule has 0 radical (unpaired) electrons. The molecule has 0 spiro atoms. The smallest absolute Gasteiger partial charge is 0.280 e. The minimum Gasteiger partial charge on any atom is -0.314 e. The van der Waals surface area contributed by atoms with Crippen molar-refractivity contribution < 1.29 is 8.42 Å². The molecule has 0 aromatic heterocycles. The first-order valence-electron chi connectivity index (χ1n) is 6.73. The van der Waals surface area contributed by atoms with Crippen molar-refractivity contribution in [2.45, 2.75) is 18.9 Å². The number of piperazine rings is 1. The monoisotopic (exact) mass is 281 g/mol. The summed E-state index contributed by atoms with van der Waals surface area (Å²) in [4.78, 5) is 0. The highest BCUT2D eigenvalue weighted by Gasteiger charge is 2.30. The molecule has 1 saturated heterocycles. The quantitative estimate of drug-likeness (QED) is 0.844. The van der Waals surface area contributed by atoms with Crippen LogP contribution in [0.3, 0.4) is 0 Å². The molecule has 1 unspecified atom stereocenters. The molecule has 2 aliphatic rings. The van der Waals surface area contributed by atoms with Crippen molar-refractivity contribution >= 4 is 10.2 Å². The average Bonchev–Trinajstić information content (AvgIpc) is 2.83. The summed E-state index contributed by atoms with van der Waals surface area (Å²) in [7, 11) is -3.37. The molecule has 1 aliphatic carbocycles.